The summed E-state index contributed by atoms with van der Waals surface area (Å²) in [5.41, 5.74) is 0. The molecule has 0 spiro atoms. The van der Waals surface area contributed by atoms with Crippen molar-refractivity contribution in [2.45, 2.75) is 77.3 Å². The van der Waals surface area contributed by atoms with E-state index in [2.05, 4.69) is 56.3 Å². The molecule has 0 aromatic heterocycles. The Labute approximate surface area is 144 Å². The molecular formula is C22H33Si. The molecule has 0 amide bonds. The van der Waals surface area contributed by atoms with Gasteiger partial charge >= 0.3 is 0 Å². The summed E-state index contributed by atoms with van der Waals surface area (Å²) < 4.78 is 0. The van der Waals surface area contributed by atoms with Crippen LogP contribution in [0.2, 0.25) is 12.1 Å². The summed E-state index contributed by atoms with van der Waals surface area (Å²) >= 11 is 0. The summed E-state index contributed by atoms with van der Waals surface area (Å²) in [5, 5.41) is 4.64. The molecule has 23 heavy (non-hydrogen) atoms. The minimum atomic E-state index is -0.408. The molecular weight excluding hydrogens is 292 g/mol. The fraction of sp³-hybridized carbons (Fsp3) is 0.545. The zero-order valence-corrected chi connectivity index (χ0v) is 16.1. The summed E-state index contributed by atoms with van der Waals surface area (Å²) in [4.78, 5) is 0. The van der Waals surface area contributed by atoms with Crippen LogP contribution in [0.15, 0.2) is 42.5 Å². The molecule has 0 aliphatic heterocycles. The third kappa shape index (κ3) is 5.80. The summed E-state index contributed by atoms with van der Waals surface area (Å²) in [6, 6.07) is 18.9. The number of benzene rings is 2. The second kappa shape index (κ2) is 10.6. The van der Waals surface area contributed by atoms with Gasteiger partial charge < -0.3 is 0 Å². The van der Waals surface area contributed by atoms with Gasteiger partial charge in [0.05, 0.1) is 8.80 Å². The van der Waals surface area contributed by atoms with Gasteiger partial charge in [0.25, 0.3) is 0 Å². The second-order valence-corrected chi connectivity index (χ2v) is 9.50. The summed E-state index contributed by atoms with van der Waals surface area (Å²) in [6.07, 6.45) is 11.2. The van der Waals surface area contributed by atoms with Crippen molar-refractivity contribution in [3.8, 4) is 0 Å². The van der Waals surface area contributed by atoms with Gasteiger partial charge in [-0.2, -0.15) is 0 Å². The van der Waals surface area contributed by atoms with Gasteiger partial charge in [0.1, 0.15) is 0 Å². The smallest absolute Gasteiger partial charge is 0.0654 e. The van der Waals surface area contributed by atoms with Gasteiger partial charge in [-0.15, -0.1) is 0 Å². The Balaban J connectivity index is 2.09. The zero-order valence-electron chi connectivity index (χ0n) is 15.1. The van der Waals surface area contributed by atoms with Crippen LogP contribution in [-0.4, -0.2) is 8.80 Å². The molecule has 0 saturated heterocycles. The number of fused-ring (bicyclic) bond motifs is 1. The van der Waals surface area contributed by atoms with Crippen molar-refractivity contribution < 1.29 is 0 Å². The molecule has 0 bridgehead atoms. The van der Waals surface area contributed by atoms with E-state index in [9.17, 15) is 0 Å². The second-order valence-electron chi connectivity index (χ2n) is 6.75. The first-order valence-corrected chi connectivity index (χ1v) is 11.6. The first kappa shape index (κ1) is 18.3. The largest absolute Gasteiger partial charge is 0.0864 e. The van der Waals surface area contributed by atoms with Gasteiger partial charge in [-0.1, -0.05) is 125 Å². The molecule has 2 rings (SSSR count). The third-order valence-electron chi connectivity index (χ3n) is 4.83. The molecule has 0 nitrogen and oxygen atoms in total. The van der Waals surface area contributed by atoms with E-state index in [0.717, 1.165) is 0 Å². The van der Waals surface area contributed by atoms with E-state index in [0.29, 0.717) is 0 Å². The fourth-order valence-corrected chi connectivity index (χ4v) is 6.54. The van der Waals surface area contributed by atoms with Crippen LogP contribution in [0, 0.1) is 0 Å². The maximum Gasteiger partial charge on any atom is 0.0864 e. The number of rotatable bonds is 11. The first-order chi connectivity index (χ1) is 11.4. The zero-order chi connectivity index (χ0) is 16.3. The lowest BCUT2D eigenvalue weighted by atomic mass is 10.1. The predicted molar refractivity (Wildman–Crippen MR) is 107 cm³/mol. The molecule has 0 saturated carbocycles. The molecule has 0 heterocycles. The quantitative estimate of drug-likeness (QED) is 0.318. The van der Waals surface area contributed by atoms with Crippen LogP contribution in [-0.2, 0) is 0 Å². The van der Waals surface area contributed by atoms with E-state index in [1.54, 1.807) is 5.19 Å². The van der Waals surface area contributed by atoms with Crippen LogP contribution in [0.25, 0.3) is 10.8 Å². The molecule has 0 fully saturated rings. The Morgan fingerprint density at radius 3 is 1.91 bits per heavy atom. The van der Waals surface area contributed by atoms with Crippen molar-refractivity contribution in [3.63, 3.8) is 0 Å². The Morgan fingerprint density at radius 1 is 0.652 bits per heavy atom. The van der Waals surface area contributed by atoms with Gasteiger partial charge in [-0.05, 0) is 10.8 Å². The van der Waals surface area contributed by atoms with Gasteiger partial charge in [0.15, 0.2) is 0 Å². The molecule has 1 radical (unpaired) electrons. The lowest BCUT2D eigenvalue weighted by molar-refractivity contribution is 0.687. The molecule has 125 valence electrons. The normalized spacial score (nSPS) is 11.4. The van der Waals surface area contributed by atoms with Crippen LogP contribution in [0.1, 0.15) is 65.2 Å². The highest BCUT2D eigenvalue weighted by molar-refractivity contribution is 6.75. The van der Waals surface area contributed by atoms with Gasteiger partial charge in [-0.25, -0.2) is 0 Å². The van der Waals surface area contributed by atoms with E-state index in [1.165, 1.54) is 74.2 Å². The Hall–Kier alpha value is -1.08. The van der Waals surface area contributed by atoms with Crippen molar-refractivity contribution in [2.24, 2.45) is 0 Å². The molecule has 0 atom stereocenters. The number of hydrogen-bond donors (Lipinski definition) is 0. The number of unbranched alkanes of at least 4 members (excludes halogenated alkanes) is 6. The van der Waals surface area contributed by atoms with Gasteiger partial charge in [-0.3, -0.25) is 0 Å². The minimum Gasteiger partial charge on any atom is -0.0654 e. The van der Waals surface area contributed by atoms with E-state index >= 15 is 0 Å². The highest BCUT2D eigenvalue weighted by Gasteiger charge is 2.16. The van der Waals surface area contributed by atoms with E-state index in [4.69, 9.17) is 0 Å². The van der Waals surface area contributed by atoms with Crippen molar-refractivity contribution >= 4 is 24.8 Å². The van der Waals surface area contributed by atoms with Crippen molar-refractivity contribution in [1.29, 1.82) is 0 Å². The predicted octanol–water partition coefficient (Wildman–Crippen LogP) is 6.70. The maximum absolute atomic E-state index is 2.43. The first-order valence-electron chi connectivity index (χ1n) is 9.69. The molecule has 0 N–H and O–H groups in total. The molecule has 2 aromatic rings. The van der Waals surface area contributed by atoms with Crippen LogP contribution in [0.5, 0.6) is 0 Å². The summed E-state index contributed by atoms with van der Waals surface area (Å²) in [6.45, 7) is 4.61. The van der Waals surface area contributed by atoms with Crippen molar-refractivity contribution in [2.75, 3.05) is 0 Å². The van der Waals surface area contributed by atoms with Crippen molar-refractivity contribution in [1.82, 2.24) is 0 Å². The average Bonchev–Trinajstić information content (AvgIpc) is 2.60. The monoisotopic (exact) mass is 325 g/mol. The summed E-state index contributed by atoms with van der Waals surface area (Å²) in [7, 11) is -0.408. The summed E-state index contributed by atoms with van der Waals surface area (Å²) in [5.74, 6) is 0. The third-order valence-corrected chi connectivity index (χ3v) is 7.95. The molecule has 0 aliphatic rings. The molecule has 0 unspecified atom stereocenters. The SMILES string of the molecule is CCCCCC[Si](CCCCCC)c1cccc2ccccc12. The van der Waals surface area contributed by atoms with Crippen molar-refractivity contribution in [3.05, 3.63) is 42.5 Å². The van der Waals surface area contributed by atoms with Gasteiger partial charge in [0.2, 0.25) is 0 Å². The maximum atomic E-state index is 2.43. The highest BCUT2D eigenvalue weighted by Crippen LogP contribution is 2.18. The Kier molecular flexibility index (Phi) is 8.45. The van der Waals surface area contributed by atoms with E-state index < -0.39 is 8.80 Å². The van der Waals surface area contributed by atoms with Crippen LogP contribution in [0.4, 0.5) is 0 Å². The molecule has 2 aromatic carbocycles. The Morgan fingerprint density at radius 2 is 1.26 bits per heavy atom. The van der Waals surface area contributed by atoms with Crippen LogP contribution in [0.3, 0.4) is 0 Å². The highest BCUT2D eigenvalue weighted by atomic mass is 28.3. The minimum absolute atomic E-state index is 0.408. The van der Waals surface area contributed by atoms with E-state index in [1.807, 2.05) is 0 Å². The molecule has 0 aliphatic carbocycles. The van der Waals surface area contributed by atoms with Crippen LogP contribution < -0.4 is 5.19 Å². The lowest BCUT2D eigenvalue weighted by Crippen LogP contribution is -2.30. The Bertz CT molecular complexity index is 543. The average molecular weight is 326 g/mol. The lowest BCUT2D eigenvalue weighted by Gasteiger charge is -2.18. The standard InChI is InChI=1S/C22H33Si/c1-3-5-7-11-18-23(19-12-8-6-4-2)22-17-13-15-20-14-9-10-16-21(20)22/h9-10,13-17H,3-8,11-12,18-19H2,1-2H3. The molecule has 1 heteroatoms. The topological polar surface area (TPSA) is 0 Å². The van der Waals surface area contributed by atoms with Gasteiger partial charge in [0, 0.05) is 0 Å². The fourth-order valence-electron chi connectivity index (χ4n) is 3.46. The van der Waals surface area contributed by atoms with E-state index in [-0.39, 0.29) is 0 Å². The van der Waals surface area contributed by atoms with Crippen LogP contribution >= 0.6 is 0 Å². The number of hydrogen-bond acceptors (Lipinski definition) is 0.